The van der Waals surface area contributed by atoms with Crippen LogP contribution < -0.4 is 5.32 Å². The molecule has 25 heavy (non-hydrogen) atoms. The van der Waals surface area contributed by atoms with Crippen LogP contribution in [0.5, 0.6) is 0 Å². The number of anilines is 1. The third-order valence-electron chi connectivity index (χ3n) is 5.30. The van der Waals surface area contributed by atoms with E-state index in [1.165, 1.54) is 0 Å². The Balaban J connectivity index is 1.40. The maximum absolute atomic E-state index is 12.9. The number of piperidine rings is 1. The van der Waals surface area contributed by atoms with Crippen LogP contribution in [0.25, 0.3) is 0 Å². The van der Waals surface area contributed by atoms with E-state index in [0.717, 1.165) is 0 Å². The van der Waals surface area contributed by atoms with Crippen molar-refractivity contribution in [2.75, 3.05) is 31.6 Å². The summed E-state index contributed by atoms with van der Waals surface area (Å²) in [6, 6.07) is 6.96. The lowest BCUT2D eigenvalue weighted by molar-refractivity contribution is -0.188. The molecule has 2 aliphatic heterocycles. The van der Waals surface area contributed by atoms with Crippen LogP contribution in [0.4, 0.5) is 5.69 Å². The first kappa shape index (κ1) is 16.8. The van der Waals surface area contributed by atoms with Gasteiger partial charge in [-0.05, 0) is 31.0 Å². The summed E-state index contributed by atoms with van der Waals surface area (Å²) in [7, 11) is 0. The van der Waals surface area contributed by atoms with E-state index < -0.39 is 11.2 Å². The zero-order chi connectivity index (χ0) is 17.5. The number of ether oxygens (including phenoxy) is 2. The van der Waals surface area contributed by atoms with Crippen molar-refractivity contribution < 1.29 is 19.1 Å². The van der Waals surface area contributed by atoms with E-state index in [-0.39, 0.29) is 11.8 Å². The number of hydrogen-bond acceptors (Lipinski definition) is 4. The number of carbonyl (C=O) groups is 2. The maximum Gasteiger partial charge on any atom is 0.240 e. The number of carbonyl (C=O) groups excluding carboxylic acids is 2. The van der Waals surface area contributed by atoms with Gasteiger partial charge < -0.3 is 19.7 Å². The van der Waals surface area contributed by atoms with Crippen molar-refractivity contribution in [3.63, 3.8) is 0 Å². The summed E-state index contributed by atoms with van der Waals surface area (Å²) in [4.78, 5) is 27.4. The highest BCUT2D eigenvalue weighted by Gasteiger charge is 2.58. The molecule has 1 aromatic rings. The van der Waals surface area contributed by atoms with Crippen LogP contribution in [-0.2, 0) is 19.1 Å². The Morgan fingerprint density at radius 2 is 1.76 bits per heavy atom. The predicted molar refractivity (Wildman–Crippen MR) is 92.2 cm³/mol. The molecule has 1 aromatic carbocycles. The molecule has 6 nitrogen and oxygen atoms in total. The Morgan fingerprint density at radius 1 is 1.08 bits per heavy atom. The van der Waals surface area contributed by atoms with Crippen LogP contribution in [-0.4, -0.2) is 48.8 Å². The van der Waals surface area contributed by atoms with Crippen molar-refractivity contribution in [2.45, 2.75) is 31.5 Å². The SMILES string of the molecule is O=C(Nc1cccc(Cl)c1)C1(C(=O)N2CCC3(CC2)OCCO3)CC1. The Bertz CT molecular complexity index is 688. The van der Waals surface area contributed by atoms with Gasteiger partial charge >= 0.3 is 0 Å². The van der Waals surface area contributed by atoms with Crippen LogP contribution in [0.3, 0.4) is 0 Å². The van der Waals surface area contributed by atoms with E-state index in [4.69, 9.17) is 21.1 Å². The van der Waals surface area contributed by atoms with Crippen LogP contribution >= 0.6 is 11.6 Å². The summed E-state index contributed by atoms with van der Waals surface area (Å²) in [5, 5.41) is 3.38. The fourth-order valence-corrected chi connectivity index (χ4v) is 3.81. The van der Waals surface area contributed by atoms with Crippen LogP contribution in [0.15, 0.2) is 24.3 Å². The molecule has 1 saturated carbocycles. The number of rotatable bonds is 3. The number of hydrogen-bond donors (Lipinski definition) is 1. The molecule has 7 heteroatoms. The second-order valence-corrected chi connectivity index (χ2v) is 7.38. The molecule has 3 fully saturated rings. The molecule has 4 rings (SSSR count). The molecule has 0 radical (unpaired) electrons. The van der Waals surface area contributed by atoms with Crippen molar-refractivity contribution in [1.29, 1.82) is 0 Å². The minimum absolute atomic E-state index is 0.0834. The fraction of sp³-hybridized carbons (Fsp3) is 0.556. The first-order valence-corrected chi connectivity index (χ1v) is 9.05. The fourth-order valence-electron chi connectivity index (χ4n) is 3.62. The number of benzene rings is 1. The lowest BCUT2D eigenvalue weighted by Gasteiger charge is -2.38. The summed E-state index contributed by atoms with van der Waals surface area (Å²) in [5.74, 6) is -0.843. The molecule has 2 heterocycles. The highest BCUT2D eigenvalue weighted by atomic mass is 35.5. The zero-order valence-electron chi connectivity index (χ0n) is 13.9. The zero-order valence-corrected chi connectivity index (χ0v) is 14.7. The van der Waals surface area contributed by atoms with Crippen LogP contribution in [0, 0.1) is 5.41 Å². The van der Waals surface area contributed by atoms with Gasteiger partial charge in [0.1, 0.15) is 5.41 Å². The van der Waals surface area contributed by atoms with E-state index in [1.807, 2.05) is 0 Å². The molecule has 3 aliphatic rings. The number of likely N-dealkylation sites (tertiary alicyclic amines) is 1. The van der Waals surface area contributed by atoms with Crippen molar-refractivity contribution in [1.82, 2.24) is 4.90 Å². The van der Waals surface area contributed by atoms with Gasteiger partial charge in [0.25, 0.3) is 0 Å². The summed E-state index contributed by atoms with van der Waals surface area (Å²) >= 11 is 5.95. The standard InChI is InChI=1S/C18H21ClN2O4/c19-13-2-1-3-14(12-13)20-15(22)17(4-5-17)16(23)21-8-6-18(7-9-21)24-10-11-25-18/h1-3,12H,4-11H2,(H,20,22). The second-order valence-electron chi connectivity index (χ2n) is 6.95. The third kappa shape index (κ3) is 3.14. The molecular formula is C18H21ClN2O4. The molecule has 1 aliphatic carbocycles. The number of amides is 2. The summed E-state index contributed by atoms with van der Waals surface area (Å²) in [6.45, 7) is 2.34. The Labute approximate surface area is 151 Å². The van der Waals surface area contributed by atoms with Gasteiger partial charge in [0.05, 0.1) is 13.2 Å². The Morgan fingerprint density at radius 3 is 2.36 bits per heavy atom. The molecule has 0 atom stereocenters. The topological polar surface area (TPSA) is 67.9 Å². The Kier molecular flexibility index (Phi) is 4.22. The minimum atomic E-state index is -0.926. The van der Waals surface area contributed by atoms with Crippen LogP contribution in [0.1, 0.15) is 25.7 Å². The molecule has 1 spiro atoms. The smallest absolute Gasteiger partial charge is 0.240 e. The van der Waals surface area contributed by atoms with Gasteiger partial charge in [-0.25, -0.2) is 0 Å². The van der Waals surface area contributed by atoms with Gasteiger partial charge in [-0.2, -0.15) is 0 Å². The molecule has 134 valence electrons. The summed E-state index contributed by atoms with van der Waals surface area (Å²) < 4.78 is 11.4. The second kappa shape index (κ2) is 6.27. The number of nitrogens with zero attached hydrogens (tertiary/aromatic N) is 1. The van der Waals surface area contributed by atoms with Crippen molar-refractivity contribution in [3.05, 3.63) is 29.3 Å². The number of nitrogens with one attached hydrogen (secondary N) is 1. The lowest BCUT2D eigenvalue weighted by atomic mass is 9.98. The normalized spacial score (nSPS) is 23.5. The molecule has 2 amide bonds. The molecular weight excluding hydrogens is 344 g/mol. The van der Waals surface area contributed by atoms with Gasteiger partial charge in [0.15, 0.2) is 5.79 Å². The summed E-state index contributed by atoms with van der Waals surface area (Å²) in [5.41, 5.74) is -0.313. The van der Waals surface area contributed by atoms with Crippen molar-refractivity contribution in [2.24, 2.45) is 5.41 Å². The monoisotopic (exact) mass is 364 g/mol. The predicted octanol–water partition coefficient (Wildman–Crippen LogP) is 2.42. The van der Waals surface area contributed by atoms with Crippen LogP contribution in [0.2, 0.25) is 5.02 Å². The van der Waals surface area contributed by atoms with Crippen molar-refractivity contribution >= 4 is 29.1 Å². The average Bonchev–Trinajstić information content (AvgIpc) is 3.31. The largest absolute Gasteiger partial charge is 0.347 e. The Hall–Kier alpha value is -1.63. The van der Waals surface area contributed by atoms with Gasteiger partial charge in [-0.1, -0.05) is 17.7 Å². The van der Waals surface area contributed by atoms with E-state index in [0.29, 0.717) is 62.7 Å². The minimum Gasteiger partial charge on any atom is -0.347 e. The van der Waals surface area contributed by atoms with Gasteiger partial charge in [-0.3, -0.25) is 9.59 Å². The van der Waals surface area contributed by atoms with Gasteiger partial charge in [0.2, 0.25) is 11.8 Å². The lowest BCUT2D eigenvalue weighted by Crippen LogP contribution is -2.51. The molecule has 1 N–H and O–H groups in total. The van der Waals surface area contributed by atoms with E-state index in [9.17, 15) is 9.59 Å². The summed E-state index contributed by atoms with van der Waals surface area (Å²) in [6.07, 6.45) is 2.50. The third-order valence-corrected chi connectivity index (χ3v) is 5.54. The van der Waals surface area contributed by atoms with E-state index in [1.54, 1.807) is 29.2 Å². The molecule has 0 bridgehead atoms. The highest BCUT2D eigenvalue weighted by Crippen LogP contribution is 2.49. The quantitative estimate of drug-likeness (QED) is 0.836. The number of halogens is 1. The molecule has 0 aromatic heterocycles. The first-order chi connectivity index (χ1) is 12.0. The van der Waals surface area contributed by atoms with Gasteiger partial charge in [-0.15, -0.1) is 0 Å². The highest BCUT2D eigenvalue weighted by molar-refractivity contribution is 6.31. The van der Waals surface area contributed by atoms with E-state index in [2.05, 4.69) is 5.32 Å². The molecule has 2 saturated heterocycles. The average molecular weight is 365 g/mol. The first-order valence-electron chi connectivity index (χ1n) is 8.67. The maximum atomic E-state index is 12.9. The molecule has 0 unspecified atom stereocenters. The van der Waals surface area contributed by atoms with Crippen molar-refractivity contribution in [3.8, 4) is 0 Å². The van der Waals surface area contributed by atoms with E-state index >= 15 is 0 Å². The van der Waals surface area contributed by atoms with Gasteiger partial charge in [0, 0.05) is 36.6 Å².